The molecule has 0 spiro atoms. The topological polar surface area (TPSA) is 70.5 Å². The van der Waals surface area contributed by atoms with Crippen molar-refractivity contribution in [3.8, 4) is 0 Å². The molecule has 0 aliphatic carbocycles. The molecule has 0 radical (unpaired) electrons. The Kier molecular flexibility index (Phi) is 4.86. The van der Waals surface area contributed by atoms with Crippen LogP contribution in [0.5, 0.6) is 0 Å². The van der Waals surface area contributed by atoms with Crippen LogP contribution in [0.25, 0.3) is 6.08 Å². The molecular weight excluding hydrogens is 322 g/mol. The lowest BCUT2D eigenvalue weighted by atomic mass is 9.77. The molecule has 1 aromatic rings. The molecule has 1 aromatic carbocycles. The molecule has 1 aliphatic heterocycles. The van der Waals surface area contributed by atoms with E-state index in [0.29, 0.717) is 21.3 Å². The molecule has 0 amide bonds. The SMILES string of the molecule is CC1(C)OB(C(=Cc2cc(Cl)cc(Cl)c2N)CN)OC1(C)C. The van der Waals surface area contributed by atoms with Crippen LogP contribution in [0, 0.1) is 0 Å². The van der Waals surface area contributed by atoms with Crippen molar-refractivity contribution in [1.82, 2.24) is 0 Å². The van der Waals surface area contributed by atoms with Crippen LogP contribution in [0.2, 0.25) is 10.0 Å². The van der Waals surface area contributed by atoms with Gasteiger partial charge < -0.3 is 20.8 Å². The lowest BCUT2D eigenvalue weighted by molar-refractivity contribution is 0.00578. The fraction of sp³-hybridized carbons (Fsp3) is 0.467. The van der Waals surface area contributed by atoms with Crippen LogP contribution in [-0.2, 0) is 9.31 Å². The van der Waals surface area contributed by atoms with Gasteiger partial charge in [0.1, 0.15) is 0 Å². The van der Waals surface area contributed by atoms with E-state index < -0.39 is 18.3 Å². The summed E-state index contributed by atoms with van der Waals surface area (Å²) in [5, 5.41) is 0.916. The Morgan fingerprint density at radius 3 is 2.23 bits per heavy atom. The summed E-state index contributed by atoms with van der Waals surface area (Å²) in [7, 11) is -0.521. The molecule has 0 aromatic heterocycles. The number of nitrogen functional groups attached to an aromatic ring is 1. The van der Waals surface area contributed by atoms with E-state index in [-0.39, 0.29) is 6.54 Å². The Labute approximate surface area is 141 Å². The van der Waals surface area contributed by atoms with Crippen molar-refractivity contribution in [2.75, 3.05) is 12.3 Å². The maximum atomic E-state index is 6.06. The van der Waals surface area contributed by atoms with Gasteiger partial charge in [0.15, 0.2) is 0 Å². The van der Waals surface area contributed by atoms with E-state index in [2.05, 4.69) is 0 Å². The van der Waals surface area contributed by atoms with E-state index in [0.717, 1.165) is 5.47 Å². The van der Waals surface area contributed by atoms with Gasteiger partial charge in [0, 0.05) is 11.6 Å². The number of halogens is 2. The summed E-state index contributed by atoms with van der Waals surface area (Å²) < 4.78 is 12.0. The molecular formula is C15H21BCl2N2O2. The average molecular weight is 343 g/mol. The second-order valence-corrected chi connectivity index (χ2v) is 7.25. The average Bonchev–Trinajstić information content (AvgIpc) is 2.60. The summed E-state index contributed by atoms with van der Waals surface area (Å²) in [6.45, 7) is 8.25. The summed E-state index contributed by atoms with van der Waals surface area (Å²) in [4.78, 5) is 0. The van der Waals surface area contributed by atoms with Gasteiger partial charge in [0.05, 0.1) is 21.9 Å². The maximum absolute atomic E-state index is 6.06. The van der Waals surface area contributed by atoms with Crippen molar-refractivity contribution in [2.24, 2.45) is 5.73 Å². The molecule has 22 heavy (non-hydrogen) atoms. The number of benzene rings is 1. The van der Waals surface area contributed by atoms with Crippen LogP contribution in [0.3, 0.4) is 0 Å². The van der Waals surface area contributed by atoms with E-state index in [9.17, 15) is 0 Å². The van der Waals surface area contributed by atoms with Gasteiger partial charge in [-0.05, 0) is 50.9 Å². The minimum absolute atomic E-state index is 0.278. The third-order valence-corrected chi connectivity index (χ3v) is 4.79. The van der Waals surface area contributed by atoms with Gasteiger partial charge in [-0.25, -0.2) is 0 Å². The van der Waals surface area contributed by atoms with Crippen LogP contribution in [0.1, 0.15) is 33.3 Å². The van der Waals surface area contributed by atoms with E-state index in [1.54, 1.807) is 12.1 Å². The molecule has 7 heteroatoms. The van der Waals surface area contributed by atoms with Crippen molar-refractivity contribution < 1.29 is 9.31 Å². The van der Waals surface area contributed by atoms with Crippen molar-refractivity contribution in [3.05, 3.63) is 33.2 Å². The molecule has 2 rings (SSSR count). The normalized spacial score (nSPS) is 20.5. The predicted molar refractivity (Wildman–Crippen MR) is 94.0 cm³/mol. The predicted octanol–water partition coefficient (Wildman–Crippen LogP) is 3.55. The summed E-state index contributed by atoms with van der Waals surface area (Å²) in [6, 6.07) is 3.34. The lowest BCUT2D eigenvalue weighted by Gasteiger charge is -2.32. The number of anilines is 1. The second kappa shape index (κ2) is 6.06. The van der Waals surface area contributed by atoms with Crippen LogP contribution in [-0.4, -0.2) is 24.9 Å². The molecule has 0 atom stereocenters. The van der Waals surface area contributed by atoms with Crippen LogP contribution >= 0.6 is 23.2 Å². The summed E-state index contributed by atoms with van der Waals surface area (Å²) in [5.74, 6) is 0. The monoisotopic (exact) mass is 342 g/mol. The molecule has 0 saturated carbocycles. The Morgan fingerprint density at radius 1 is 1.18 bits per heavy atom. The summed E-state index contributed by atoms with van der Waals surface area (Å²) in [6.07, 6.45) is 1.83. The quantitative estimate of drug-likeness (QED) is 0.651. The number of nitrogens with two attached hydrogens (primary N) is 2. The highest BCUT2D eigenvalue weighted by atomic mass is 35.5. The maximum Gasteiger partial charge on any atom is 0.491 e. The summed E-state index contributed by atoms with van der Waals surface area (Å²) >= 11 is 12.1. The second-order valence-electron chi connectivity index (χ2n) is 6.40. The summed E-state index contributed by atoms with van der Waals surface area (Å²) in [5.41, 5.74) is 13.0. The van der Waals surface area contributed by atoms with E-state index >= 15 is 0 Å². The molecule has 1 aliphatic rings. The largest absolute Gasteiger partial charge is 0.491 e. The van der Waals surface area contributed by atoms with Crippen LogP contribution in [0.4, 0.5) is 5.69 Å². The Balaban J connectivity index is 2.38. The molecule has 4 N–H and O–H groups in total. The zero-order valence-electron chi connectivity index (χ0n) is 13.2. The number of hydrogen-bond donors (Lipinski definition) is 2. The lowest BCUT2D eigenvalue weighted by Crippen LogP contribution is -2.41. The first kappa shape index (κ1) is 17.6. The fourth-order valence-electron chi connectivity index (χ4n) is 2.14. The zero-order valence-corrected chi connectivity index (χ0v) is 14.8. The van der Waals surface area contributed by atoms with Gasteiger partial charge >= 0.3 is 7.12 Å². The fourth-order valence-corrected chi connectivity index (χ4v) is 2.65. The minimum atomic E-state index is -0.521. The minimum Gasteiger partial charge on any atom is -0.400 e. The van der Waals surface area contributed by atoms with Gasteiger partial charge in [-0.2, -0.15) is 0 Å². The molecule has 4 nitrogen and oxygen atoms in total. The van der Waals surface area contributed by atoms with E-state index in [1.807, 2.05) is 33.8 Å². The molecule has 0 bridgehead atoms. The third-order valence-electron chi connectivity index (χ3n) is 4.26. The molecule has 1 heterocycles. The Morgan fingerprint density at radius 2 is 1.73 bits per heavy atom. The van der Waals surface area contributed by atoms with Crippen LogP contribution in [0.15, 0.2) is 17.6 Å². The van der Waals surface area contributed by atoms with Crippen molar-refractivity contribution >= 4 is 42.1 Å². The first-order valence-corrected chi connectivity index (χ1v) is 7.83. The Bertz CT molecular complexity index is 602. The van der Waals surface area contributed by atoms with Gasteiger partial charge in [0.2, 0.25) is 0 Å². The van der Waals surface area contributed by atoms with Gasteiger partial charge in [0.25, 0.3) is 0 Å². The van der Waals surface area contributed by atoms with E-state index in [4.69, 9.17) is 44.0 Å². The van der Waals surface area contributed by atoms with Crippen LogP contribution < -0.4 is 11.5 Å². The smallest absolute Gasteiger partial charge is 0.400 e. The zero-order chi connectivity index (χ0) is 16.7. The first-order chi connectivity index (χ1) is 10.1. The molecule has 0 unspecified atom stereocenters. The van der Waals surface area contributed by atoms with Gasteiger partial charge in [-0.15, -0.1) is 0 Å². The van der Waals surface area contributed by atoms with Crippen molar-refractivity contribution in [3.63, 3.8) is 0 Å². The van der Waals surface area contributed by atoms with E-state index in [1.165, 1.54) is 0 Å². The first-order valence-electron chi connectivity index (χ1n) is 7.08. The molecule has 1 fully saturated rings. The highest BCUT2D eigenvalue weighted by molar-refractivity contribution is 6.56. The Hall–Kier alpha value is -0.715. The number of hydrogen-bond acceptors (Lipinski definition) is 4. The highest BCUT2D eigenvalue weighted by Crippen LogP contribution is 2.39. The molecule has 120 valence electrons. The third kappa shape index (κ3) is 3.29. The molecule has 1 saturated heterocycles. The standard InChI is InChI=1S/C15H21BCl2N2O2/c1-14(2)15(3,4)22-16(21-14)10(8-19)5-9-6-11(17)7-12(18)13(9)20/h5-7H,8,19-20H2,1-4H3. The number of rotatable bonds is 3. The van der Waals surface area contributed by atoms with Gasteiger partial charge in [-0.3, -0.25) is 0 Å². The van der Waals surface area contributed by atoms with Gasteiger partial charge in [-0.1, -0.05) is 29.3 Å². The highest BCUT2D eigenvalue weighted by Gasteiger charge is 2.52. The van der Waals surface area contributed by atoms with Crippen molar-refractivity contribution in [2.45, 2.75) is 38.9 Å². The van der Waals surface area contributed by atoms with Crippen molar-refractivity contribution in [1.29, 1.82) is 0 Å².